The number of rotatable bonds is 6. The van der Waals surface area contributed by atoms with Crippen molar-refractivity contribution in [2.75, 3.05) is 31.6 Å². The van der Waals surface area contributed by atoms with E-state index in [2.05, 4.69) is 34.3 Å². The number of ether oxygens (including phenoxy) is 1. The lowest BCUT2D eigenvalue weighted by molar-refractivity contribution is 0.413. The Bertz CT molecular complexity index is 1200. The average Bonchev–Trinajstić information content (AvgIpc) is 3.21. The molecule has 0 radical (unpaired) electrons. The normalized spacial score (nSPS) is 18.0. The van der Waals surface area contributed by atoms with Gasteiger partial charge in [0.1, 0.15) is 17.0 Å². The molecule has 1 saturated carbocycles. The minimum Gasteiger partial charge on any atom is -0.496 e. The summed E-state index contributed by atoms with van der Waals surface area (Å²) in [5.74, 6) is 1.57. The molecule has 1 aromatic carbocycles. The van der Waals surface area contributed by atoms with Crippen LogP contribution in [-0.2, 0) is 7.05 Å². The number of H-pyrrole nitrogens is 1. The summed E-state index contributed by atoms with van der Waals surface area (Å²) in [7, 11) is 3.55. The summed E-state index contributed by atoms with van der Waals surface area (Å²) >= 11 is 0. The van der Waals surface area contributed by atoms with Gasteiger partial charge in [0.15, 0.2) is 5.65 Å². The molecule has 34 heavy (non-hydrogen) atoms. The Hall–Kier alpha value is -2.87. The fourth-order valence-corrected chi connectivity index (χ4v) is 5.68. The average molecular weight is 465 g/mol. The van der Waals surface area contributed by atoms with Crippen molar-refractivity contribution >= 4 is 16.7 Å². The number of nitrogens with zero attached hydrogens (tertiary/aromatic N) is 4. The molecule has 182 valence electrons. The van der Waals surface area contributed by atoms with Gasteiger partial charge in [-0.25, -0.2) is 9.67 Å². The second-order valence-corrected chi connectivity index (χ2v) is 9.66. The lowest BCUT2D eigenvalue weighted by Gasteiger charge is -2.34. The van der Waals surface area contributed by atoms with Crippen molar-refractivity contribution in [1.29, 1.82) is 0 Å². The van der Waals surface area contributed by atoms with Crippen LogP contribution in [0.2, 0.25) is 0 Å². The monoisotopic (exact) mass is 464 g/mol. The summed E-state index contributed by atoms with van der Waals surface area (Å²) in [6, 6.07) is 6.77. The highest BCUT2D eigenvalue weighted by Gasteiger charge is 2.25. The molecule has 0 atom stereocenters. The smallest absolute Gasteiger partial charge is 0.262 e. The zero-order valence-electron chi connectivity index (χ0n) is 20.6. The molecule has 0 amide bonds. The summed E-state index contributed by atoms with van der Waals surface area (Å²) in [5.41, 5.74) is 3.34. The van der Waals surface area contributed by atoms with E-state index in [0.29, 0.717) is 34.6 Å². The van der Waals surface area contributed by atoms with E-state index in [4.69, 9.17) is 14.8 Å². The van der Waals surface area contributed by atoms with E-state index in [1.807, 2.05) is 13.1 Å². The van der Waals surface area contributed by atoms with Gasteiger partial charge in [-0.05, 0) is 44.4 Å². The Morgan fingerprint density at radius 3 is 2.62 bits per heavy atom. The standard InChI is InChI=1S/C26H36N6O2/c1-4-27-18-12-14-32(15-13-18)19-10-11-20(21(16-19)34-3)24-28-25-22(26(33)29-24)23(30-31(25)2)17-8-6-5-7-9-17/h10-11,16-18,27H,4-9,12-15H2,1-3H3,(H,28,29,33). The van der Waals surface area contributed by atoms with E-state index < -0.39 is 0 Å². The molecule has 0 unspecified atom stereocenters. The molecule has 1 saturated heterocycles. The zero-order valence-corrected chi connectivity index (χ0v) is 20.6. The van der Waals surface area contributed by atoms with Crippen LogP contribution in [-0.4, -0.2) is 52.5 Å². The van der Waals surface area contributed by atoms with Crippen molar-refractivity contribution in [2.45, 2.75) is 63.8 Å². The van der Waals surface area contributed by atoms with E-state index in [-0.39, 0.29) is 5.56 Å². The van der Waals surface area contributed by atoms with Crippen molar-refractivity contribution in [3.05, 3.63) is 34.2 Å². The topological polar surface area (TPSA) is 88.1 Å². The van der Waals surface area contributed by atoms with E-state index in [9.17, 15) is 4.79 Å². The third-order valence-electron chi connectivity index (χ3n) is 7.51. The molecule has 3 aromatic rings. The van der Waals surface area contributed by atoms with Crippen molar-refractivity contribution < 1.29 is 4.74 Å². The van der Waals surface area contributed by atoms with Gasteiger partial charge >= 0.3 is 0 Å². The first kappa shape index (κ1) is 22.9. The van der Waals surface area contributed by atoms with Gasteiger partial charge in [-0.3, -0.25) is 4.79 Å². The molecule has 0 spiro atoms. The van der Waals surface area contributed by atoms with E-state index in [1.165, 1.54) is 19.3 Å². The molecule has 1 aliphatic carbocycles. The molecule has 2 aliphatic rings. The van der Waals surface area contributed by atoms with Crippen molar-refractivity contribution in [1.82, 2.24) is 25.1 Å². The molecule has 0 bridgehead atoms. The van der Waals surface area contributed by atoms with Crippen LogP contribution in [0.4, 0.5) is 5.69 Å². The first-order valence-electron chi connectivity index (χ1n) is 12.7. The largest absolute Gasteiger partial charge is 0.496 e. The number of nitrogens with one attached hydrogen (secondary N) is 2. The summed E-state index contributed by atoms with van der Waals surface area (Å²) in [5, 5.41) is 8.93. The van der Waals surface area contributed by atoms with Crippen molar-refractivity contribution in [3.8, 4) is 17.1 Å². The highest BCUT2D eigenvalue weighted by atomic mass is 16.5. The number of hydrogen-bond donors (Lipinski definition) is 2. The molecule has 1 aliphatic heterocycles. The van der Waals surface area contributed by atoms with Crippen LogP contribution in [0.3, 0.4) is 0 Å². The Labute approximate surface area is 200 Å². The third-order valence-corrected chi connectivity index (χ3v) is 7.51. The minimum absolute atomic E-state index is 0.120. The van der Waals surface area contributed by atoms with E-state index in [0.717, 1.165) is 62.3 Å². The van der Waals surface area contributed by atoms with Crippen LogP contribution >= 0.6 is 0 Å². The van der Waals surface area contributed by atoms with Gasteiger partial charge < -0.3 is 19.9 Å². The maximum Gasteiger partial charge on any atom is 0.262 e. The number of fused-ring (bicyclic) bond motifs is 1. The van der Waals surface area contributed by atoms with Crippen LogP contribution in [0.1, 0.15) is 63.5 Å². The predicted octanol–water partition coefficient (Wildman–Crippen LogP) is 3.96. The SMILES string of the molecule is CCNC1CCN(c2ccc(-c3nc4c(c(C5CCCCC5)nn4C)c(=O)[nH]3)c(OC)c2)CC1. The molecule has 2 aromatic heterocycles. The first-order valence-corrected chi connectivity index (χ1v) is 12.7. The third kappa shape index (κ3) is 4.31. The van der Waals surface area contributed by atoms with Crippen LogP contribution in [0, 0.1) is 0 Å². The fraction of sp³-hybridized carbons (Fsp3) is 0.577. The highest BCUT2D eigenvalue weighted by Crippen LogP contribution is 2.36. The Morgan fingerprint density at radius 2 is 1.91 bits per heavy atom. The minimum atomic E-state index is -0.120. The second-order valence-electron chi connectivity index (χ2n) is 9.66. The Morgan fingerprint density at radius 1 is 1.15 bits per heavy atom. The summed E-state index contributed by atoms with van der Waals surface area (Å²) in [6.07, 6.45) is 8.11. The molecule has 8 nitrogen and oxygen atoms in total. The molecule has 2 N–H and O–H groups in total. The molecule has 5 rings (SSSR count). The number of anilines is 1. The van der Waals surface area contributed by atoms with Gasteiger partial charge in [0.2, 0.25) is 0 Å². The number of benzene rings is 1. The Kier molecular flexibility index (Phi) is 6.59. The maximum absolute atomic E-state index is 13.2. The van der Waals surface area contributed by atoms with Crippen LogP contribution < -0.4 is 20.5 Å². The highest BCUT2D eigenvalue weighted by molar-refractivity contribution is 5.81. The first-order chi connectivity index (χ1) is 16.6. The lowest BCUT2D eigenvalue weighted by atomic mass is 9.86. The molecule has 3 heterocycles. The fourth-order valence-electron chi connectivity index (χ4n) is 5.68. The summed E-state index contributed by atoms with van der Waals surface area (Å²) in [4.78, 5) is 23.5. The predicted molar refractivity (Wildman–Crippen MR) is 136 cm³/mol. The second kappa shape index (κ2) is 9.78. The van der Waals surface area contributed by atoms with E-state index in [1.54, 1.807) is 11.8 Å². The molecular formula is C26H36N6O2. The summed E-state index contributed by atoms with van der Waals surface area (Å²) < 4.78 is 7.51. The van der Waals surface area contributed by atoms with Gasteiger partial charge in [-0.15, -0.1) is 0 Å². The van der Waals surface area contributed by atoms with Gasteiger partial charge in [0.05, 0.1) is 18.4 Å². The van der Waals surface area contributed by atoms with Crippen molar-refractivity contribution in [2.24, 2.45) is 7.05 Å². The number of aryl methyl sites for hydroxylation is 1. The van der Waals surface area contributed by atoms with Gasteiger partial charge in [0, 0.05) is 43.9 Å². The maximum atomic E-state index is 13.2. The molecule has 2 fully saturated rings. The van der Waals surface area contributed by atoms with Crippen LogP contribution in [0.25, 0.3) is 22.4 Å². The molecule has 8 heteroatoms. The van der Waals surface area contributed by atoms with Gasteiger partial charge in [-0.1, -0.05) is 26.2 Å². The summed E-state index contributed by atoms with van der Waals surface area (Å²) in [6.45, 7) is 5.20. The van der Waals surface area contributed by atoms with Crippen LogP contribution in [0.5, 0.6) is 5.75 Å². The van der Waals surface area contributed by atoms with E-state index >= 15 is 0 Å². The van der Waals surface area contributed by atoms with Gasteiger partial charge in [0.25, 0.3) is 5.56 Å². The number of aromatic amines is 1. The number of piperidine rings is 1. The number of hydrogen-bond acceptors (Lipinski definition) is 6. The lowest BCUT2D eigenvalue weighted by Crippen LogP contribution is -2.42. The Balaban J connectivity index is 1.46. The molecular weight excluding hydrogens is 428 g/mol. The van der Waals surface area contributed by atoms with Crippen molar-refractivity contribution in [3.63, 3.8) is 0 Å². The number of aromatic nitrogens is 4. The zero-order chi connectivity index (χ0) is 23.7. The van der Waals surface area contributed by atoms with Gasteiger partial charge in [-0.2, -0.15) is 5.10 Å². The quantitative estimate of drug-likeness (QED) is 0.574. The van der Waals surface area contributed by atoms with Crippen LogP contribution in [0.15, 0.2) is 23.0 Å². The number of methoxy groups -OCH3 is 1.